The maximum Gasteiger partial charge on any atom is 0.171 e. The van der Waals surface area contributed by atoms with Crippen molar-refractivity contribution in [3.63, 3.8) is 0 Å². The van der Waals surface area contributed by atoms with E-state index >= 15 is 0 Å². The predicted molar refractivity (Wildman–Crippen MR) is 59.9 cm³/mol. The van der Waals surface area contributed by atoms with Crippen molar-refractivity contribution < 1.29 is 9.59 Å². The number of Topliss-reactive ketones (excluding diaryl/α,β-unsaturated/α-hetero) is 2. The van der Waals surface area contributed by atoms with Crippen LogP contribution in [0.15, 0.2) is 24.3 Å². The Hall–Kier alpha value is -1.95. The molecule has 0 amide bonds. The number of ketones is 2. The van der Waals surface area contributed by atoms with E-state index in [4.69, 9.17) is 5.26 Å². The molecule has 82 valence electrons. The molecule has 0 aromatic heterocycles. The van der Waals surface area contributed by atoms with Crippen LogP contribution in [0.4, 0.5) is 0 Å². The van der Waals surface area contributed by atoms with E-state index in [1.165, 1.54) is 0 Å². The summed E-state index contributed by atoms with van der Waals surface area (Å²) in [6.45, 7) is 3.51. The van der Waals surface area contributed by atoms with Crippen LogP contribution in [0.3, 0.4) is 0 Å². The van der Waals surface area contributed by atoms with E-state index < -0.39 is 0 Å². The number of benzene rings is 1. The van der Waals surface area contributed by atoms with Crippen LogP contribution in [0.25, 0.3) is 0 Å². The van der Waals surface area contributed by atoms with Crippen molar-refractivity contribution >= 4 is 11.6 Å². The molecule has 0 saturated carbocycles. The Morgan fingerprint density at radius 3 is 2.50 bits per heavy atom. The van der Waals surface area contributed by atoms with Crippen molar-refractivity contribution in [2.24, 2.45) is 5.92 Å². The summed E-state index contributed by atoms with van der Waals surface area (Å²) >= 11 is 0. The van der Waals surface area contributed by atoms with Gasteiger partial charge in [0.1, 0.15) is 5.78 Å². The summed E-state index contributed by atoms with van der Waals surface area (Å²) in [6.07, 6.45) is -0.129. The van der Waals surface area contributed by atoms with Crippen LogP contribution >= 0.6 is 0 Å². The van der Waals surface area contributed by atoms with Gasteiger partial charge in [0.2, 0.25) is 0 Å². The third kappa shape index (κ3) is 2.77. The molecule has 0 aliphatic rings. The first-order chi connectivity index (χ1) is 7.56. The molecular weight excluding hydrogens is 202 g/mol. The molecular formula is C13H13NO2. The molecule has 0 heterocycles. The summed E-state index contributed by atoms with van der Waals surface area (Å²) in [5.41, 5.74) is 0.656. The van der Waals surface area contributed by atoms with Gasteiger partial charge in [-0.05, 0) is 6.07 Å². The summed E-state index contributed by atoms with van der Waals surface area (Å²) in [6, 6.07) is 8.48. The van der Waals surface area contributed by atoms with E-state index in [1.807, 2.05) is 6.07 Å². The summed E-state index contributed by atoms with van der Waals surface area (Å²) < 4.78 is 0. The largest absolute Gasteiger partial charge is 0.299 e. The van der Waals surface area contributed by atoms with Crippen molar-refractivity contribution in [2.75, 3.05) is 0 Å². The standard InChI is InChI=1S/C13H13NO2/c1-9(2)12(15)7-13(16)11-6-4-3-5-10(11)8-14/h3-6,9H,7H2,1-2H3. The van der Waals surface area contributed by atoms with E-state index in [0.29, 0.717) is 11.1 Å². The van der Waals surface area contributed by atoms with Gasteiger partial charge in [-0.2, -0.15) is 5.26 Å². The van der Waals surface area contributed by atoms with Crippen LogP contribution in [0.5, 0.6) is 0 Å². The van der Waals surface area contributed by atoms with Gasteiger partial charge in [0.15, 0.2) is 5.78 Å². The van der Waals surface area contributed by atoms with Crippen LogP contribution in [0.1, 0.15) is 36.2 Å². The molecule has 1 aromatic carbocycles. The Kier molecular flexibility index (Phi) is 3.96. The normalized spacial score (nSPS) is 9.88. The smallest absolute Gasteiger partial charge is 0.171 e. The molecule has 0 unspecified atom stereocenters. The molecule has 0 aliphatic heterocycles. The number of nitriles is 1. The molecule has 0 fully saturated rings. The zero-order valence-corrected chi connectivity index (χ0v) is 9.36. The van der Waals surface area contributed by atoms with Gasteiger partial charge < -0.3 is 0 Å². The molecule has 3 nitrogen and oxygen atoms in total. The number of carbonyl (C=O) groups is 2. The van der Waals surface area contributed by atoms with Gasteiger partial charge in [0.25, 0.3) is 0 Å². The lowest BCUT2D eigenvalue weighted by atomic mass is 9.97. The van der Waals surface area contributed by atoms with Crippen LogP contribution in [0.2, 0.25) is 0 Å². The molecule has 3 heteroatoms. The first-order valence-electron chi connectivity index (χ1n) is 5.11. The Morgan fingerprint density at radius 1 is 1.31 bits per heavy atom. The van der Waals surface area contributed by atoms with Crippen LogP contribution in [0, 0.1) is 17.2 Å². The highest BCUT2D eigenvalue weighted by molar-refractivity contribution is 6.09. The molecule has 0 spiro atoms. The summed E-state index contributed by atoms with van der Waals surface area (Å²) in [4.78, 5) is 23.2. The zero-order valence-electron chi connectivity index (χ0n) is 9.36. The summed E-state index contributed by atoms with van der Waals surface area (Å²) in [7, 11) is 0. The SMILES string of the molecule is CC(C)C(=O)CC(=O)c1ccccc1C#N. The molecule has 16 heavy (non-hydrogen) atoms. The van der Waals surface area contributed by atoms with Crippen LogP contribution in [-0.4, -0.2) is 11.6 Å². The lowest BCUT2D eigenvalue weighted by Gasteiger charge is -2.04. The lowest BCUT2D eigenvalue weighted by Crippen LogP contribution is -2.14. The van der Waals surface area contributed by atoms with Gasteiger partial charge in [-0.15, -0.1) is 0 Å². The maximum atomic E-state index is 11.8. The molecule has 0 bridgehead atoms. The van der Waals surface area contributed by atoms with Gasteiger partial charge in [-0.3, -0.25) is 9.59 Å². The third-order valence-electron chi connectivity index (χ3n) is 2.33. The van der Waals surface area contributed by atoms with Crippen molar-refractivity contribution in [1.29, 1.82) is 5.26 Å². The fourth-order valence-corrected chi connectivity index (χ4v) is 1.28. The second-order valence-corrected chi connectivity index (χ2v) is 3.88. The zero-order chi connectivity index (χ0) is 12.1. The Bertz CT molecular complexity index is 455. The molecule has 0 saturated heterocycles. The van der Waals surface area contributed by atoms with Gasteiger partial charge in [-0.1, -0.05) is 32.0 Å². The number of nitrogens with zero attached hydrogens (tertiary/aromatic N) is 1. The molecule has 0 atom stereocenters. The van der Waals surface area contributed by atoms with Crippen molar-refractivity contribution in [1.82, 2.24) is 0 Å². The highest BCUT2D eigenvalue weighted by Crippen LogP contribution is 2.12. The van der Waals surface area contributed by atoms with Gasteiger partial charge in [-0.25, -0.2) is 0 Å². The highest BCUT2D eigenvalue weighted by Gasteiger charge is 2.16. The minimum absolute atomic E-state index is 0.0993. The van der Waals surface area contributed by atoms with Gasteiger partial charge in [0.05, 0.1) is 18.1 Å². The number of rotatable bonds is 4. The molecule has 0 radical (unpaired) electrons. The average Bonchev–Trinajstić information content (AvgIpc) is 2.28. The fraction of sp³-hybridized carbons (Fsp3) is 0.308. The Balaban J connectivity index is 2.90. The average molecular weight is 215 g/mol. The first kappa shape index (κ1) is 12.1. The third-order valence-corrected chi connectivity index (χ3v) is 2.33. The number of hydrogen-bond donors (Lipinski definition) is 0. The number of hydrogen-bond acceptors (Lipinski definition) is 3. The van der Waals surface area contributed by atoms with Crippen LogP contribution < -0.4 is 0 Å². The maximum absolute atomic E-state index is 11.8. The number of carbonyl (C=O) groups excluding carboxylic acids is 2. The second kappa shape index (κ2) is 5.22. The molecule has 0 N–H and O–H groups in total. The summed E-state index contributed by atoms with van der Waals surface area (Å²) in [5, 5.41) is 8.82. The second-order valence-electron chi connectivity index (χ2n) is 3.88. The topological polar surface area (TPSA) is 57.9 Å². The predicted octanol–water partition coefficient (Wildman–Crippen LogP) is 2.36. The minimum atomic E-state index is -0.282. The van der Waals surface area contributed by atoms with E-state index in [9.17, 15) is 9.59 Å². The first-order valence-corrected chi connectivity index (χ1v) is 5.11. The van der Waals surface area contributed by atoms with Crippen molar-refractivity contribution in [3.05, 3.63) is 35.4 Å². The highest BCUT2D eigenvalue weighted by atomic mass is 16.1. The lowest BCUT2D eigenvalue weighted by molar-refractivity contribution is -0.121. The van der Waals surface area contributed by atoms with Crippen molar-refractivity contribution in [2.45, 2.75) is 20.3 Å². The van der Waals surface area contributed by atoms with E-state index in [-0.39, 0.29) is 23.9 Å². The van der Waals surface area contributed by atoms with E-state index in [1.54, 1.807) is 38.1 Å². The Morgan fingerprint density at radius 2 is 1.94 bits per heavy atom. The van der Waals surface area contributed by atoms with Gasteiger partial charge in [0, 0.05) is 11.5 Å². The molecule has 1 rings (SSSR count). The van der Waals surface area contributed by atoms with Crippen molar-refractivity contribution in [3.8, 4) is 6.07 Å². The minimum Gasteiger partial charge on any atom is -0.299 e. The van der Waals surface area contributed by atoms with Gasteiger partial charge >= 0.3 is 0 Å². The monoisotopic (exact) mass is 215 g/mol. The summed E-state index contributed by atoms with van der Waals surface area (Å²) in [5.74, 6) is -0.535. The van der Waals surface area contributed by atoms with E-state index in [0.717, 1.165) is 0 Å². The van der Waals surface area contributed by atoms with E-state index in [2.05, 4.69) is 0 Å². The molecule has 1 aromatic rings. The fourth-order valence-electron chi connectivity index (χ4n) is 1.28. The Labute approximate surface area is 94.7 Å². The molecule has 0 aliphatic carbocycles. The quantitative estimate of drug-likeness (QED) is 0.572. The van der Waals surface area contributed by atoms with Crippen LogP contribution in [-0.2, 0) is 4.79 Å².